The van der Waals surface area contributed by atoms with Crippen LogP contribution in [0.5, 0.6) is 0 Å². The van der Waals surface area contributed by atoms with E-state index in [-0.39, 0.29) is 12.0 Å². The van der Waals surface area contributed by atoms with Crippen LogP contribution in [0.3, 0.4) is 0 Å². The fraction of sp³-hybridized carbons (Fsp3) is 0.625. The molecular weight excluding hydrogens is 238 g/mol. The van der Waals surface area contributed by atoms with E-state index < -0.39 is 0 Å². The molecule has 1 heterocycles. The third-order valence-electron chi connectivity index (χ3n) is 1.58. The van der Waals surface area contributed by atoms with Crippen LogP contribution in [0.4, 0.5) is 0 Å². The normalized spacial score (nSPS) is 12.0. The first-order chi connectivity index (χ1) is 5.53. The van der Waals surface area contributed by atoms with Crippen LogP contribution in [0.2, 0.25) is 0 Å². The lowest BCUT2D eigenvalue weighted by molar-refractivity contribution is 0.159. The van der Waals surface area contributed by atoms with Crippen LogP contribution >= 0.6 is 27.3 Å². The number of nitrogens with zero attached hydrogens (tertiary/aromatic N) is 1. The monoisotopic (exact) mass is 249 g/mol. The maximum Gasteiger partial charge on any atom is 0.0943 e. The summed E-state index contributed by atoms with van der Waals surface area (Å²) in [6, 6.07) is 0. The van der Waals surface area contributed by atoms with Gasteiger partial charge in [-0.05, 0) is 21.3 Å². The molecule has 0 saturated heterocycles. The van der Waals surface area contributed by atoms with E-state index in [1.807, 2.05) is 13.8 Å². The Bertz CT molecular complexity index is 259. The molecular formula is C8H12BrNOS. The van der Waals surface area contributed by atoms with Gasteiger partial charge in [0.1, 0.15) is 0 Å². The largest absolute Gasteiger partial charge is 0.396 e. The zero-order valence-corrected chi connectivity index (χ0v) is 9.57. The number of aliphatic hydroxyl groups excluding tert-OH is 1. The quantitative estimate of drug-likeness (QED) is 0.893. The van der Waals surface area contributed by atoms with Gasteiger partial charge in [-0.3, -0.25) is 0 Å². The zero-order valence-electron chi connectivity index (χ0n) is 7.17. The molecule has 68 valence electrons. The molecule has 0 spiro atoms. The summed E-state index contributed by atoms with van der Waals surface area (Å²) in [5, 5.41) is 10.1. The van der Waals surface area contributed by atoms with Crippen molar-refractivity contribution in [1.82, 2.24) is 4.98 Å². The number of aromatic nitrogens is 1. The molecule has 0 radical (unpaired) electrons. The molecule has 0 saturated carbocycles. The summed E-state index contributed by atoms with van der Waals surface area (Å²) in [7, 11) is 0. The molecule has 0 fully saturated rings. The Hall–Kier alpha value is 0.0700. The van der Waals surface area contributed by atoms with Crippen molar-refractivity contribution in [2.75, 3.05) is 6.61 Å². The minimum Gasteiger partial charge on any atom is -0.396 e. The van der Waals surface area contributed by atoms with E-state index in [0.29, 0.717) is 0 Å². The minimum absolute atomic E-state index is 0.0582. The molecule has 1 aromatic rings. The highest BCUT2D eigenvalue weighted by molar-refractivity contribution is 9.11. The van der Waals surface area contributed by atoms with E-state index in [1.54, 1.807) is 17.5 Å². The molecule has 0 aromatic carbocycles. The Morgan fingerprint density at radius 3 is 2.75 bits per heavy atom. The van der Waals surface area contributed by atoms with E-state index in [0.717, 1.165) is 15.2 Å². The van der Waals surface area contributed by atoms with Crippen LogP contribution in [0, 0.1) is 5.41 Å². The van der Waals surface area contributed by atoms with E-state index in [2.05, 4.69) is 20.9 Å². The number of rotatable bonds is 3. The molecule has 1 aromatic heterocycles. The smallest absolute Gasteiger partial charge is 0.0943 e. The van der Waals surface area contributed by atoms with Crippen molar-refractivity contribution in [1.29, 1.82) is 0 Å². The summed E-state index contributed by atoms with van der Waals surface area (Å²) >= 11 is 4.98. The Balaban J connectivity index is 2.63. The summed E-state index contributed by atoms with van der Waals surface area (Å²) in [5.74, 6) is 0. The fourth-order valence-corrected chi connectivity index (χ4v) is 2.40. The van der Waals surface area contributed by atoms with Crippen molar-refractivity contribution in [3.63, 3.8) is 0 Å². The predicted octanol–water partition coefficient (Wildman–Crippen LogP) is 2.47. The number of hydrogen-bond acceptors (Lipinski definition) is 3. The van der Waals surface area contributed by atoms with Crippen molar-refractivity contribution >= 4 is 27.3 Å². The minimum atomic E-state index is -0.0582. The van der Waals surface area contributed by atoms with Gasteiger partial charge in [-0.2, -0.15) is 0 Å². The molecule has 0 atom stereocenters. The van der Waals surface area contributed by atoms with Gasteiger partial charge < -0.3 is 5.11 Å². The summed E-state index contributed by atoms with van der Waals surface area (Å²) in [6.07, 6.45) is 2.63. The number of halogens is 1. The van der Waals surface area contributed by atoms with Gasteiger partial charge in [0.2, 0.25) is 0 Å². The number of hydrogen-bond donors (Lipinski definition) is 1. The Labute approximate surface area is 84.8 Å². The molecule has 4 heteroatoms. The third-order valence-corrected chi connectivity index (χ3v) is 3.06. The molecule has 0 unspecified atom stereocenters. The van der Waals surface area contributed by atoms with Crippen LogP contribution < -0.4 is 0 Å². The van der Waals surface area contributed by atoms with Crippen molar-refractivity contribution in [3.8, 4) is 0 Å². The lowest BCUT2D eigenvalue weighted by Gasteiger charge is -2.19. The first-order valence-electron chi connectivity index (χ1n) is 3.74. The molecule has 0 aliphatic rings. The highest BCUT2D eigenvalue weighted by Gasteiger charge is 2.18. The van der Waals surface area contributed by atoms with Gasteiger partial charge >= 0.3 is 0 Å². The summed E-state index contributed by atoms with van der Waals surface area (Å²) in [5.41, 5.74) is -0.0582. The second-order valence-corrected chi connectivity index (χ2v) is 6.05. The molecule has 0 bridgehead atoms. The number of thiazole rings is 1. The second-order valence-electron chi connectivity index (χ2n) is 3.56. The lowest BCUT2D eigenvalue weighted by atomic mass is 9.91. The summed E-state index contributed by atoms with van der Waals surface area (Å²) in [6.45, 7) is 4.26. The van der Waals surface area contributed by atoms with Gasteiger partial charge in [-0.25, -0.2) is 4.98 Å². The van der Waals surface area contributed by atoms with Crippen molar-refractivity contribution in [3.05, 3.63) is 15.0 Å². The highest BCUT2D eigenvalue weighted by Crippen LogP contribution is 2.26. The Morgan fingerprint density at radius 1 is 1.67 bits per heavy atom. The van der Waals surface area contributed by atoms with Crippen LogP contribution in [0.15, 0.2) is 9.98 Å². The molecule has 2 nitrogen and oxygen atoms in total. The Morgan fingerprint density at radius 2 is 2.33 bits per heavy atom. The second kappa shape index (κ2) is 3.85. The highest BCUT2D eigenvalue weighted by atomic mass is 79.9. The zero-order chi connectivity index (χ0) is 9.19. The first-order valence-corrected chi connectivity index (χ1v) is 5.35. The number of aliphatic hydroxyl groups is 1. The van der Waals surface area contributed by atoms with Crippen LogP contribution in [0.25, 0.3) is 0 Å². The summed E-state index contributed by atoms with van der Waals surface area (Å²) in [4.78, 5) is 4.21. The molecule has 0 amide bonds. The van der Waals surface area contributed by atoms with Gasteiger partial charge in [0, 0.05) is 13.0 Å². The van der Waals surface area contributed by atoms with Crippen LogP contribution in [-0.2, 0) is 6.42 Å². The topological polar surface area (TPSA) is 33.1 Å². The van der Waals surface area contributed by atoms with Gasteiger partial charge in [0.15, 0.2) is 0 Å². The molecule has 0 aliphatic heterocycles. The first kappa shape index (κ1) is 10.2. The SMILES string of the molecule is CC(C)(CO)Cc1ncc(Br)s1. The van der Waals surface area contributed by atoms with Gasteiger partial charge in [-0.1, -0.05) is 13.8 Å². The Kier molecular flexibility index (Phi) is 3.26. The maximum absolute atomic E-state index is 9.03. The van der Waals surface area contributed by atoms with Crippen molar-refractivity contribution < 1.29 is 5.11 Å². The van der Waals surface area contributed by atoms with Crippen molar-refractivity contribution in [2.45, 2.75) is 20.3 Å². The van der Waals surface area contributed by atoms with Gasteiger partial charge in [-0.15, -0.1) is 11.3 Å². The average molecular weight is 250 g/mol. The average Bonchev–Trinajstić information content (AvgIpc) is 2.35. The molecule has 1 rings (SSSR count). The predicted molar refractivity (Wildman–Crippen MR) is 54.4 cm³/mol. The van der Waals surface area contributed by atoms with Crippen LogP contribution in [0.1, 0.15) is 18.9 Å². The fourth-order valence-electron chi connectivity index (χ4n) is 0.835. The van der Waals surface area contributed by atoms with E-state index in [1.165, 1.54) is 0 Å². The van der Waals surface area contributed by atoms with Gasteiger partial charge in [0.25, 0.3) is 0 Å². The van der Waals surface area contributed by atoms with Crippen LogP contribution in [-0.4, -0.2) is 16.7 Å². The lowest BCUT2D eigenvalue weighted by Crippen LogP contribution is -2.19. The summed E-state index contributed by atoms with van der Waals surface area (Å²) < 4.78 is 1.05. The van der Waals surface area contributed by atoms with E-state index in [9.17, 15) is 0 Å². The van der Waals surface area contributed by atoms with Gasteiger partial charge in [0.05, 0.1) is 15.0 Å². The standard InChI is InChI=1S/C8H12BrNOS/c1-8(2,5-11)3-7-10-4-6(9)12-7/h4,11H,3,5H2,1-2H3. The maximum atomic E-state index is 9.03. The van der Waals surface area contributed by atoms with E-state index in [4.69, 9.17) is 5.11 Å². The molecule has 12 heavy (non-hydrogen) atoms. The molecule has 1 N–H and O–H groups in total. The third kappa shape index (κ3) is 2.84. The molecule has 0 aliphatic carbocycles. The van der Waals surface area contributed by atoms with Crippen molar-refractivity contribution in [2.24, 2.45) is 5.41 Å². The van der Waals surface area contributed by atoms with E-state index >= 15 is 0 Å².